The molecule has 5 heteroatoms. The monoisotopic (exact) mass is 313 g/mol. The Bertz CT molecular complexity index is 371. The zero-order valence-electron chi connectivity index (χ0n) is 10.9. The largest absolute Gasteiger partial charge is 0.374 e. The molecule has 18 heavy (non-hydrogen) atoms. The molecule has 1 saturated heterocycles. The zero-order chi connectivity index (χ0) is 13.0. The summed E-state index contributed by atoms with van der Waals surface area (Å²) in [5.74, 6) is 0. The molecule has 2 unspecified atom stereocenters. The molecule has 1 aliphatic heterocycles. The Balaban J connectivity index is 2.15. The Hall–Kier alpha value is -0.490. The van der Waals surface area contributed by atoms with Gasteiger partial charge in [-0.2, -0.15) is 0 Å². The van der Waals surface area contributed by atoms with E-state index in [1.165, 1.54) is 0 Å². The standard InChI is InChI=1S/C13H20BrN3O/c1-3-15-9-12-13(17(2)6-7-18-12)11-5-4-10(14)8-16-11/h4-5,8,12-13,15H,3,6-7,9H2,1-2H3. The van der Waals surface area contributed by atoms with Gasteiger partial charge >= 0.3 is 0 Å². The maximum absolute atomic E-state index is 5.89. The molecule has 0 aromatic carbocycles. The summed E-state index contributed by atoms with van der Waals surface area (Å²) >= 11 is 3.42. The predicted octanol–water partition coefficient (Wildman–Crippen LogP) is 1.83. The van der Waals surface area contributed by atoms with Crippen molar-refractivity contribution in [3.8, 4) is 0 Å². The molecular weight excluding hydrogens is 294 g/mol. The lowest BCUT2D eigenvalue weighted by atomic mass is 10.0. The number of hydrogen-bond donors (Lipinski definition) is 1. The molecule has 0 spiro atoms. The summed E-state index contributed by atoms with van der Waals surface area (Å²) in [5.41, 5.74) is 1.07. The second kappa shape index (κ2) is 6.61. The van der Waals surface area contributed by atoms with Crippen LogP contribution in [0.4, 0.5) is 0 Å². The lowest BCUT2D eigenvalue weighted by Gasteiger charge is -2.38. The Morgan fingerprint density at radius 3 is 3.06 bits per heavy atom. The van der Waals surface area contributed by atoms with Crippen molar-refractivity contribution in [2.75, 3.05) is 33.3 Å². The third kappa shape index (κ3) is 3.29. The van der Waals surface area contributed by atoms with E-state index in [-0.39, 0.29) is 12.1 Å². The number of nitrogens with zero attached hydrogens (tertiary/aromatic N) is 2. The van der Waals surface area contributed by atoms with Crippen LogP contribution in [0.15, 0.2) is 22.8 Å². The summed E-state index contributed by atoms with van der Waals surface area (Å²) in [6.07, 6.45) is 2.01. The molecule has 0 radical (unpaired) electrons. The molecule has 100 valence electrons. The van der Waals surface area contributed by atoms with E-state index in [4.69, 9.17) is 4.74 Å². The number of likely N-dealkylation sites (N-methyl/N-ethyl adjacent to an activating group) is 2. The molecule has 1 fully saturated rings. The van der Waals surface area contributed by atoms with Crippen LogP contribution in [-0.2, 0) is 4.74 Å². The highest BCUT2D eigenvalue weighted by Gasteiger charge is 2.31. The van der Waals surface area contributed by atoms with Crippen LogP contribution in [0.2, 0.25) is 0 Å². The van der Waals surface area contributed by atoms with Crippen molar-refractivity contribution in [3.63, 3.8) is 0 Å². The number of halogens is 1. The molecular formula is C13H20BrN3O. The first-order chi connectivity index (χ1) is 8.72. The van der Waals surface area contributed by atoms with Crippen molar-refractivity contribution in [1.82, 2.24) is 15.2 Å². The predicted molar refractivity (Wildman–Crippen MR) is 75.6 cm³/mol. The Morgan fingerprint density at radius 2 is 2.39 bits per heavy atom. The molecule has 0 bridgehead atoms. The zero-order valence-corrected chi connectivity index (χ0v) is 12.5. The molecule has 2 atom stereocenters. The average molecular weight is 314 g/mol. The molecule has 1 aromatic heterocycles. The fraction of sp³-hybridized carbons (Fsp3) is 0.615. The number of hydrogen-bond acceptors (Lipinski definition) is 4. The van der Waals surface area contributed by atoms with Gasteiger partial charge in [0.2, 0.25) is 0 Å². The number of rotatable bonds is 4. The van der Waals surface area contributed by atoms with Crippen LogP contribution in [0.5, 0.6) is 0 Å². The van der Waals surface area contributed by atoms with E-state index in [9.17, 15) is 0 Å². The van der Waals surface area contributed by atoms with E-state index in [0.29, 0.717) is 0 Å². The lowest BCUT2D eigenvalue weighted by molar-refractivity contribution is -0.0624. The van der Waals surface area contributed by atoms with Crippen LogP contribution in [0.3, 0.4) is 0 Å². The summed E-state index contributed by atoms with van der Waals surface area (Å²) < 4.78 is 6.90. The quantitative estimate of drug-likeness (QED) is 0.920. The fourth-order valence-corrected chi connectivity index (χ4v) is 2.53. The van der Waals surface area contributed by atoms with Gasteiger partial charge in [0, 0.05) is 23.8 Å². The highest BCUT2D eigenvalue weighted by molar-refractivity contribution is 9.10. The van der Waals surface area contributed by atoms with Crippen LogP contribution in [-0.4, -0.2) is 49.3 Å². The smallest absolute Gasteiger partial charge is 0.0911 e. The second-order valence-electron chi connectivity index (χ2n) is 4.54. The Kier molecular flexibility index (Phi) is 5.12. The number of ether oxygens (including phenoxy) is 1. The van der Waals surface area contributed by atoms with Gasteiger partial charge in [0.1, 0.15) is 0 Å². The summed E-state index contributed by atoms with van der Waals surface area (Å²) in [7, 11) is 2.13. The minimum atomic E-state index is 0.164. The van der Waals surface area contributed by atoms with Gasteiger partial charge in [0.25, 0.3) is 0 Å². The molecule has 0 saturated carbocycles. The topological polar surface area (TPSA) is 37.4 Å². The Morgan fingerprint density at radius 1 is 1.56 bits per heavy atom. The van der Waals surface area contributed by atoms with E-state index >= 15 is 0 Å². The molecule has 0 amide bonds. The highest BCUT2D eigenvalue weighted by Crippen LogP contribution is 2.27. The minimum absolute atomic E-state index is 0.164. The van der Waals surface area contributed by atoms with Crippen LogP contribution >= 0.6 is 15.9 Å². The van der Waals surface area contributed by atoms with Gasteiger partial charge in [-0.25, -0.2) is 0 Å². The van der Waals surface area contributed by atoms with E-state index in [0.717, 1.165) is 36.4 Å². The Labute approximate surface area is 117 Å². The van der Waals surface area contributed by atoms with Gasteiger partial charge in [-0.3, -0.25) is 9.88 Å². The molecule has 1 aromatic rings. The lowest BCUT2D eigenvalue weighted by Crippen LogP contribution is -2.47. The normalized spacial score (nSPS) is 25.3. The van der Waals surface area contributed by atoms with Gasteiger partial charge < -0.3 is 10.1 Å². The van der Waals surface area contributed by atoms with Crippen molar-refractivity contribution >= 4 is 15.9 Å². The van der Waals surface area contributed by atoms with Crippen molar-refractivity contribution in [2.45, 2.75) is 19.1 Å². The number of morpholine rings is 1. The molecule has 1 N–H and O–H groups in total. The SMILES string of the molecule is CCNCC1OCCN(C)C1c1ccc(Br)cn1. The first kappa shape index (κ1) is 13.9. The third-order valence-electron chi connectivity index (χ3n) is 3.25. The summed E-state index contributed by atoms with van der Waals surface area (Å²) in [4.78, 5) is 6.84. The molecule has 2 heterocycles. The van der Waals surface area contributed by atoms with Gasteiger partial charge in [0.05, 0.1) is 24.4 Å². The first-order valence-corrected chi connectivity index (χ1v) is 7.15. The van der Waals surface area contributed by atoms with Crippen molar-refractivity contribution in [1.29, 1.82) is 0 Å². The number of nitrogens with one attached hydrogen (secondary N) is 1. The van der Waals surface area contributed by atoms with Crippen molar-refractivity contribution in [2.24, 2.45) is 0 Å². The van der Waals surface area contributed by atoms with Crippen LogP contribution in [0, 0.1) is 0 Å². The fourth-order valence-electron chi connectivity index (χ4n) is 2.30. The summed E-state index contributed by atoms with van der Waals surface area (Å²) in [5, 5.41) is 3.36. The third-order valence-corrected chi connectivity index (χ3v) is 3.72. The molecule has 2 rings (SSSR count). The molecule has 0 aliphatic carbocycles. The van der Waals surface area contributed by atoms with E-state index < -0.39 is 0 Å². The van der Waals surface area contributed by atoms with Crippen molar-refractivity contribution < 1.29 is 4.74 Å². The maximum Gasteiger partial charge on any atom is 0.0911 e. The van der Waals surface area contributed by atoms with Crippen molar-refractivity contribution in [3.05, 3.63) is 28.5 Å². The molecule has 4 nitrogen and oxygen atoms in total. The van der Waals surface area contributed by atoms with Gasteiger partial charge in [-0.05, 0) is 41.7 Å². The minimum Gasteiger partial charge on any atom is -0.374 e. The van der Waals surface area contributed by atoms with Gasteiger partial charge in [-0.1, -0.05) is 6.92 Å². The summed E-state index contributed by atoms with van der Waals surface area (Å²) in [6, 6.07) is 4.33. The van der Waals surface area contributed by atoms with Crippen LogP contribution in [0.1, 0.15) is 18.7 Å². The second-order valence-corrected chi connectivity index (χ2v) is 5.46. The van der Waals surface area contributed by atoms with Gasteiger partial charge in [0.15, 0.2) is 0 Å². The summed E-state index contributed by atoms with van der Waals surface area (Å²) in [6.45, 7) is 5.68. The highest BCUT2D eigenvalue weighted by atomic mass is 79.9. The molecule has 1 aliphatic rings. The van der Waals surface area contributed by atoms with Crippen LogP contribution < -0.4 is 5.32 Å². The van der Waals surface area contributed by atoms with E-state index in [1.54, 1.807) is 0 Å². The first-order valence-electron chi connectivity index (χ1n) is 6.36. The van der Waals surface area contributed by atoms with Crippen LogP contribution in [0.25, 0.3) is 0 Å². The average Bonchev–Trinajstić information content (AvgIpc) is 2.38. The number of aromatic nitrogens is 1. The maximum atomic E-state index is 5.89. The van der Waals surface area contributed by atoms with E-state index in [2.05, 4.69) is 51.2 Å². The van der Waals surface area contributed by atoms with Gasteiger partial charge in [-0.15, -0.1) is 0 Å². The van der Waals surface area contributed by atoms with E-state index in [1.807, 2.05) is 12.3 Å². The number of pyridine rings is 1.